The van der Waals surface area contributed by atoms with Crippen molar-refractivity contribution in [2.45, 2.75) is 80.4 Å². The summed E-state index contributed by atoms with van der Waals surface area (Å²) in [4.78, 5) is 33.7. The number of aryl methyl sites for hydroxylation is 1. The molecule has 8 aromatic carbocycles. The van der Waals surface area contributed by atoms with Gasteiger partial charge < -0.3 is 0 Å². The largest absolute Gasteiger partial charge is 0.295 e. The Bertz CT molecular complexity index is 5320. The highest BCUT2D eigenvalue weighted by atomic mass is 32.2. The van der Waals surface area contributed by atoms with Crippen LogP contribution >= 0.6 is 35.3 Å². The Morgan fingerprint density at radius 2 is 0.629 bits per heavy atom. The minimum absolute atomic E-state index is 0.0134. The minimum Gasteiger partial charge on any atom is -0.289 e. The van der Waals surface area contributed by atoms with Crippen molar-refractivity contribution in [1.82, 2.24) is 0 Å². The standard InChI is InChI=1S/C53H38O25S11/c1-29-6-13-38(26-46(29)85(64,65)66)83(59,60)40-14-18-43(49(27-40)88(73,74)75)80-36-11-7-30(8-12-36)51(54)33-20-34(52(55)31-9-16-42(79-2)47(23-31)86(67,68)69)22-35(21-33)53(56)32-10-17-44(48(24-32)87(70,71)72)81-45-19-15-39(28-50(45)89(76,77)78)82(57,58)37-4-3-5-41(25-37)84(61,62)63/h3-28H,1-2H3,(H,61,62,63)(H,64,65,66)(H,67,68,69)(H,70,71,72)(H,73,74,75)(H,76,77,78). The van der Waals surface area contributed by atoms with Crippen molar-refractivity contribution in [3.05, 3.63) is 197 Å². The van der Waals surface area contributed by atoms with Gasteiger partial charge in [0.05, 0.1) is 29.4 Å². The van der Waals surface area contributed by atoms with E-state index in [0.29, 0.717) is 42.1 Å². The van der Waals surface area contributed by atoms with Crippen molar-refractivity contribution in [2.75, 3.05) is 6.26 Å². The van der Waals surface area contributed by atoms with Crippen LogP contribution in [0.4, 0.5) is 0 Å². The first kappa shape index (κ1) is 68.1. The van der Waals surface area contributed by atoms with Gasteiger partial charge >= 0.3 is 0 Å². The van der Waals surface area contributed by atoms with Gasteiger partial charge in [-0.3, -0.25) is 41.7 Å². The van der Waals surface area contributed by atoms with Gasteiger partial charge in [0, 0.05) is 57.9 Å². The van der Waals surface area contributed by atoms with Crippen LogP contribution in [0, 0.1) is 6.92 Å². The SMILES string of the molecule is CSc1ccc(C(=O)c2cc(C(=O)c3ccc(Sc4ccc(S(=O)(=O)c5ccc(C)c(S(=O)(=O)O)c5)cc4S(=O)(=O)O)cc3)cc(C(=O)c3ccc(Sc4ccc(S(=O)(=O)c5cccc(S(=O)(=O)O)c5)cc4S(=O)(=O)O)c(S(=O)(=O)O)c3)c2)cc1S(=O)(=O)O. The molecule has 8 rings (SSSR count). The van der Waals surface area contributed by atoms with Gasteiger partial charge in [-0.1, -0.05) is 35.7 Å². The van der Waals surface area contributed by atoms with E-state index in [2.05, 4.69) is 0 Å². The third-order valence-electron chi connectivity index (χ3n) is 12.6. The average molecular weight is 1430 g/mol. The lowest BCUT2D eigenvalue weighted by molar-refractivity contribution is 0.103. The smallest absolute Gasteiger partial charge is 0.289 e. The number of rotatable bonds is 21. The van der Waals surface area contributed by atoms with Gasteiger partial charge in [0.15, 0.2) is 17.3 Å². The third-order valence-corrected chi connectivity index (χ3v) is 25.1. The summed E-state index contributed by atoms with van der Waals surface area (Å²) in [6, 6.07) is 24.1. The summed E-state index contributed by atoms with van der Waals surface area (Å²) in [5.74, 6) is -3.15. The molecule has 36 heteroatoms. The number of carbonyl (C=O) groups excluding carboxylic acids is 3. The number of benzene rings is 8. The van der Waals surface area contributed by atoms with Crippen molar-refractivity contribution in [1.29, 1.82) is 0 Å². The first-order valence-electron chi connectivity index (χ1n) is 23.9. The Kier molecular flexibility index (Phi) is 18.9. The quantitative estimate of drug-likeness (QED) is 0.0226. The van der Waals surface area contributed by atoms with Gasteiger partial charge in [0.2, 0.25) is 19.7 Å². The first-order chi connectivity index (χ1) is 41.0. The molecule has 6 N–H and O–H groups in total. The second kappa shape index (κ2) is 24.8. The maximum absolute atomic E-state index is 14.6. The fraction of sp³-hybridized carbons (Fsp3) is 0.0377. The maximum Gasteiger partial charge on any atom is 0.295 e. The maximum atomic E-state index is 14.6. The van der Waals surface area contributed by atoms with E-state index in [-0.39, 0.29) is 37.6 Å². The Labute approximate surface area is 521 Å². The Balaban J connectivity index is 1.16. The van der Waals surface area contributed by atoms with Crippen molar-refractivity contribution < 1.29 is 109 Å². The van der Waals surface area contributed by atoms with Crippen LogP contribution in [0.25, 0.3) is 0 Å². The highest BCUT2D eigenvalue weighted by molar-refractivity contribution is 8.01. The molecule has 0 fully saturated rings. The summed E-state index contributed by atoms with van der Waals surface area (Å²) in [5, 5.41) is 0. The van der Waals surface area contributed by atoms with Crippen LogP contribution in [0.15, 0.2) is 231 Å². The molecule has 0 aromatic heterocycles. The Morgan fingerprint density at radius 3 is 1.04 bits per heavy atom. The lowest BCUT2D eigenvalue weighted by atomic mass is 9.92. The number of sulfone groups is 2. The summed E-state index contributed by atoms with van der Waals surface area (Å²) < 4.78 is 263. The van der Waals surface area contributed by atoms with E-state index in [1.165, 1.54) is 49.6 Å². The van der Waals surface area contributed by atoms with Crippen LogP contribution in [0.2, 0.25) is 0 Å². The molecule has 0 heterocycles. The summed E-state index contributed by atoms with van der Waals surface area (Å²) in [6.07, 6.45) is 1.47. The molecule has 0 spiro atoms. The number of hydrogen-bond acceptors (Lipinski definition) is 22. The van der Waals surface area contributed by atoms with Gasteiger partial charge in [-0.2, -0.15) is 50.5 Å². The van der Waals surface area contributed by atoms with Crippen molar-refractivity contribution in [3.63, 3.8) is 0 Å². The molecule has 0 aliphatic rings. The van der Waals surface area contributed by atoms with Gasteiger partial charge in [-0.05, 0) is 164 Å². The second-order valence-electron chi connectivity index (χ2n) is 18.5. The predicted octanol–water partition coefficient (Wildman–Crippen LogP) is 7.86. The monoisotopic (exact) mass is 1430 g/mol. The van der Waals surface area contributed by atoms with Gasteiger partial charge in [-0.25, -0.2) is 16.8 Å². The summed E-state index contributed by atoms with van der Waals surface area (Å²) in [6.45, 7) is 1.28. The van der Waals surface area contributed by atoms with Crippen LogP contribution in [-0.2, 0) is 80.4 Å². The zero-order chi connectivity index (χ0) is 65.9. The molecule has 0 atom stereocenters. The lowest BCUT2D eigenvalue weighted by Gasteiger charge is -2.14. The molecule has 466 valence electrons. The zero-order valence-corrected chi connectivity index (χ0v) is 53.4. The van der Waals surface area contributed by atoms with Gasteiger partial charge in [0.1, 0.15) is 19.6 Å². The summed E-state index contributed by atoms with van der Waals surface area (Å²) >= 11 is 1.76. The van der Waals surface area contributed by atoms with E-state index in [0.717, 1.165) is 103 Å². The van der Waals surface area contributed by atoms with Crippen molar-refractivity contribution in [2.24, 2.45) is 0 Å². The second-order valence-corrected chi connectivity index (χ2v) is 33.8. The normalized spacial score (nSPS) is 12.8. The number of carbonyl (C=O) groups is 3. The fourth-order valence-electron chi connectivity index (χ4n) is 8.38. The predicted molar refractivity (Wildman–Crippen MR) is 316 cm³/mol. The van der Waals surface area contributed by atoms with Crippen LogP contribution in [0.3, 0.4) is 0 Å². The van der Waals surface area contributed by atoms with Crippen LogP contribution in [0.1, 0.15) is 53.3 Å². The van der Waals surface area contributed by atoms with Crippen LogP contribution < -0.4 is 0 Å². The molecule has 89 heavy (non-hydrogen) atoms. The van der Waals surface area contributed by atoms with E-state index in [4.69, 9.17) is 0 Å². The average Bonchev–Trinajstić information content (AvgIpc) is 1.11. The van der Waals surface area contributed by atoms with Crippen molar-refractivity contribution in [3.8, 4) is 0 Å². The van der Waals surface area contributed by atoms with Crippen LogP contribution in [0.5, 0.6) is 0 Å². The third kappa shape index (κ3) is 15.0. The highest BCUT2D eigenvalue weighted by Crippen LogP contribution is 2.41. The molecule has 0 amide bonds. The first-order valence-corrected chi connectivity index (χ1v) is 38.4. The Morgan fingerprint density at radius 1 is 0.303 bits per heavy atom. The van der Waals surface area contributed by atoms with E-state index in [1.54, 1.807) is 0 Å². The zero-order valence-electron chi connectivity index (χ0n) is 44.4. The van der Waals surface area contributed by atoms with Gasteiger partial charge in [-0.15, -0.1) is 11.8 Å². The molecule has 0 saturated heterocycles. The fourth-order valence-corrected chi connectivity index (χ4v) is 19.0. The van der Waals surface area contributed by atoms with E-state index >= 15 is 0 Å². The molecule has 0 radical (unpaired) electrons. The number of hydrogen-bond donors (Lipinski definition) is 6. The number of thioether (sulfide) groups is 1. The molecular formula is C53H38O25S11. The van der Waals surface area contributed by atoms with E-state index in [1.807, 2.05) is 0 Å². The molecule has 0 bridgehead atoms. The topological polar surface area (TPSA) is 446 Å². The summed E-state index contributed by atoms with van der Waals surface area (Å²) in [5.41, 5.74) is -2.65. The van der Waals surface area contributed by atoms with Crippen molar-refractivity contribution >= 4 is 133 Å². The van der Waals surface area contributed by atoms with Gasteiger partial charge in [0.25, 0.3) is 60.7 Å². The lowest BCUT2D eigenvalue weighted by Crippen LogP contribution is -2.12. The molecule has 0 unspecified atom stereocenters. The molecule has 25 nitrogen and oxygen atoms in total. The number of ketones is 3. The highest BCUT2D eigenvalue weighted by Gasteiger charge is 2.31. The minimum atomic E-state index is -5.44. The molecular weight excluding hydrogens is 1390 g/mol. The van der Waals surface area contributed by atoms with E-state index in [9.17, 15) is 109 Å². The molecule has 0 aliphatic heterocycles. The summed E-state index contributed by atoms with van der Waals surface area (Å²) in [7, 11) is -40.4. The Hall–Kier alpha value is -6.82. The van der Waals surface area contributed by atoms with Crippen LogP contribution in [-0.4, -0.2) is 118 Å². The molecule has 0 saturated carbocycles. The molecule has 8 aromatic rings. The molecule has 0 aliphatic carbocycles. The van der Waals surface area contributed by atoms with E-state index < -0.39 is 184 Å².